The van der Waals surface area contributed by atoms with Gasteiger partial charge in [-0.3, -0.25) is 4.79 Å². The molecule has 1 N–H and O–H groups in total. The number of amides is 3. The highest BCUT2D eigenvalue weighted by Gasteiger charge is 2.41. The highest BCUT2D eigenvalue weighted by atomic mass is 32.2. The number of urea groups is 1. The number of nitrogens with zero attached hydrogens (tertiary/aromatic N) is 2. The highest BCUT2D eigenvalue weighted by Crippen LogP contribution is 2.25. The Bertz CT molecular complexity index is 800. The molecule has 0 aliphatic carbocycles. The van der Waals surface area contributed by atoms with Crippen LogP contribution >= 0.6 is 0 Å². The van der Waals surface area contributed by atoms with Gasteiger partial charge in [-0.25, -0.2) is 13.2 Å². The third kappa shape index (κ3) is 3.95. The molecule has 1 aliphatic rings. The standard InChI is InChI=1S/C17H25N3O4S/c1-12-6-7-13(15(21)19(4)5)10-14(12)18-16(22)20-8-9-25(23,24)17(2,3)11-20/h6-7,10H,8-9,11H2,1-5H3,(H,18,22). The molecule has 1 saturated heterocycles. The van der Waals surface area contributed by atoms with E-state index in [9.17, 15) is 18.0 Å². The molecule has 1 aromatic rings. The highest BCUT2D eigenvalue weighted by molar-refractivity contribution is 7.92. The van der Waals surface area contributed by atoms with Gasteiger partial charge in [0.1, 0.15) is 0 Å². The molecule has 1 aromatic carbocycles. The Morgan fingerprint density at radius 1 is 1.24 bits per heavy atom. The monoisotopic (exact) mass is 367 g/mol. The number of carbonyl (C=O) groups excluding carboxylic acids is 2. The lowest BCUT2D eigenvalue weighted by Crippen LogP contribution is -2.55. The molecule has 0 aromatic heterocycles. The molecule has 0 radical (unpaired) electrons. The summed E-state index contributed by atoms with van der Waals surface area (Å²) in [4.78, 5) is 27.6. The predicted molar refractivity (Wildman–Crippen MR) is 97.7 cm³/mol. The second kappa shape index (κ2) is 6.67. The number of hydrogen-bond donors (Lipinski definition) is 1. The topological polar surface area (TPSA) is 86.8 Å². The van der Waals surface area contributed by atoms with E-state index in [1.54, 1.807) is 46.1 Å². The molecule has 0 saturated carbocycles. The van der Waals surface area contributed by atoms with Crippen LogP contribution in [0, 0.1) is 6.92 Å². The van der Waals surface area contributed by atoms with Crippen LogP contribution in [0.2, 0.25) is 0 Å². The fourth-order valence-corrected chi connectivity index (χ4v) is 4.03. The van der Waals surface area contributed by atoms with Crippen LogP contribution in [-0.2, 0) is 9.84 Å². The largest absolute Gasteiger partial charge is 0.345 e. The van der Waals surface area contributed by atoms with Gasteiger partial charge in [0.05, 0.1) is 10.5 Å². The van der Waals surface area contributed by atoms with Crippen molar-refractivity contribution in [3.63, 3.8) is 0 Å². The molecule has 138 valence electrons. The molecule has 1 heterocycles. The Labute approximate surface area is 148 Å². The number of benzene rings is 1. The van der Waals surface area contributed by atoms with Gasteiger partial charge in [-0.2, -0.15) is 0 Å². The number of aryl methyl sites for hydroxylation is 1. The van der Waals surface area contributed by atoms with Crippen molar-refractivity contribution >= 4 is 27.5 Å². The number of carbonyl (C=O) groups is 2. The lowest BCUT2D eigenvalue weighted by Gasteiger charge is -2.37. The Morgan fingerprint density at radius 3 is 2.44 bits per heavy atom. The molecule has 8 heteroatoms. The van der Waals surface area contributed by atoms with E-state index >= 15 is 0 Å². The molecule has 0 spiro atoms. The SMILES string of the molecule is Cc1ccc(C(=O)N(C)C)cc1NC(=O)N1CCS(=O)(=O)C(C)(C)C1. The first-order valence-corrected chi connectivity index (χ1v) is 9.70. The van der Waals surface area contributed by atoms with Crippen LogP contribution in [0.15, 0.2) is 18.2 Å². The summed E-state index contributed by atoms with van der Waals surface area (Å²) < 4.78 is 23.2. The van der Waals surface area contributed by atoms with Crippen LogP contribution in [0.1, 0.15) is 29.8 Å². The summed E-state index contributed by atoms with van der Waals surface area (Å²) in [6.07, 6.45) is 0. The van der Waals surface area contributed by atoms with Crippen molar-refractivity contribution in [1.82, 2.24) is 9.80 Å². The molecular weight excluding hydrogens is 342 g/mol. The van der Waals surface area contributed by atoms with E-state index in [1.165, 1.54) is 9.80 Å². The smallest absolute Gasteiger partial charge is 0.321 e. The Kier molecular flexibility index (Phi) is 5.13. The van der Waals surface area contributed by atoms with E-state index < -0.39 is 14.6 Å². The maximum Gasteiger partial charge on any atom is 0.321 e. The van der Waals surface area contributed by atoms with Crippen molar-refractivity contribution in [2.24, 2.45) is 0 Å². The van der Waals surface area contributed by atoms with Crippen molar-refractivity contribution in [2.45, 2.75) is 25.5 Å². The average Bonchev–Trinajstić information content (AvgIpc) is 2.51. The normalized spacial score (nSPS) is 18.5. The second-order valence-electron chi connectivity index (χ2n) is 7.16. The minimum atomic E-state index is -3.21. The van der Waals surface area contributed by atoms with Crippen LogP contribution in [0.4, 0.5) is 10.5 Å². The summed E-state index contributed by atoms with van der Waals surface area (Å²) in [5, 5.41) is 2.80. The zero-order chi connectivity index (χ0) is 19.0. The molecule has 2 rings (SSSR count). The maximum atomic E-state index is 12.6. The van der Waals surface area contributed by atoms with Gasteiger partial charge < -0.3 is 15.1 Å². The average molecular weight is 367 g/mol. The molecule has 3 amide bonds. The molecule has 7 nitrogen and oxygen atoms in total. The minimum Gasteiger partial charge on any atom is -0.345 e. The van der Waals surface area contributed by atoms with Crippen molar-refractivity contribution in [1.29, 1.82) is 0 Å². The van der Waals surface area contributed by atoms with Gasteiger partial charge in [-0.15, -0.1) is 0 Å². The van der Waals surface area contributed by atoms with Crippen LogP contribution in [-0.4, -0.2) is 67.8 Å². The van der Waals surface area contributed by atoms with Gasteiger partial charge in [0.15, 0.2) is 9.84 Å². The Hall–Kier alpha value is -2.09. The number of rotatable bonds is 2. The van der Waals surface area contributed by atoms with Crippen LogP contribution in [0.25, 0.3) is 0 Å². The van der Waals surface area contributed by atoms with Crippen LogP contribution in [0.3, 0.4) is 0 Å². The summed E-state index contributed by atoms with van der Waals surface area (Å²) in [6, 6.07) is 4.77. The summed E-state index contributed by atoms with van der Waals surface area (Å²) in [6.45, 7) is 5.39. The lowest BCUT2D eigenvalue weighted by atomic mass is 10.1. The Balaban J connectivity index is 2.18. The van der Waals surface area contributed by atoms with Gasteiger partial charge in [-0.05, 0) is 38.5 Å². The summed E-state index contributed by atoms with van der Waals surface area (Å²) in [5.41, 5.74) is 1.85. The van der Waals surface area contributed by atoms with E-state index in [0.717, 1.165) is 5.56 Å². The van der Waals surface area contributed by atoms with E-state index in [1.807, 2.05) is 6.92 Å². The number of anilines is 1. The number of hydrogen-bond acceptors (Lipinski definition) is 4. The van der Waals surface area contributed by atoms with Crippen molar-refractivity contribution in [3.8, 4) is 0 Å². The zero-order valence-corrected chi connectivity index (χ0v) is 16.1. The third-order valence-electron chi connectivity index (χ3n) is 4.46. The molecule has 1 aliphatic heterocycles. The quantitative estimate of drug-likeness (QED) is 0.862. The minimum absolute atomic E-state index is 0.0500. The molecule has 1 fully saturated rings. The molecule has 0 atom stereocenters. The van der Waals surface area contributed by atoms with E-state index in [4.69, 9.17) is 0 Å². The van der Waals surface area contributed by atoms with Crippen molar-refractivity contribution in [3.05, 3.63) is 29.3 Å². The fraction of sp³-hybridized carbons (Fsp3) is 0.529. The number of sulfone groups is 1. The van der Waals surface area contributed by atoms with Crippen LogP contribution < -0.4 is 5.32 Å². The number of nitrogens with one attached hydrogen (secondary N) is 1. The zero-order valence-electron chi connectivity index (χ0n) is 15.3. The van der Waals surface area contributed by atoms with E-state index in [0.29, 0.717) is 11.3 Å². The fourth-order valence-electron chi connectivity index (χ4n) is 2.66. The third-order valence-corrected chi connectivity index (χ3v) is 7.00. The first-order valence-electron chi connectivity index (χ1n) is 8.05. The predicted octanol–water partition coefficient (Wildman–Crippen LogP) is 1.74. The summed E-state index contributed by atoms with van der Waals surface area (Å²) >= 11 is 0. The van der Waals surface area contributed by atoms with Gasteiger partial charge in [0.25, 0.3) is 5.91 Å². The van der Waals surface area contributed by atoms with Gasteiger partial charge in [0.2, 0.25) is 0 Å². The lowest BCUT2D eigenvalue weighted by molar-refractivity contribution is 0.0827. The van der Waals surface area contributed by atoms with Gasteiger partial charge in [0, 0.05) is 38.4 Å². The van der Waals surface area contributed by atoms with E-state index in [-0.39, 0.29) is 30.8 Å². The first kappa shape index (κ1) is 19.2. The second-order valence-corrected chi connectivity index (χ2v) is 9.90. The van der Waals surface area contributed by atoms with Crippen LogP contribution in [0.5, 0.6) is 0 Å². The van der Waals surface area contributed by atoms with Crippen molar-refractivity contribution in [2.75, 3.05) is 38.3 Å². The van der Waals surface area contributed by atoms with E-state index in [2.05, 4.69) is 5.32 Å². The maximum absolute atomic E-state index is 12.6. The summed E-state index contributed by atoms with van der Waals surface area (Å²) in [5.74, 6) is -0.202. The summed E-state index contributed by atoms with van der Waals surface area (Å²) in [7, 11) is 0.119. The molecule has 25 heavy (non-hydrogen) atoms. The van der Waals surface area contributed by atoms with Gasteiger partial charge in [-0.1, -0.05) is 6.07 Å². The first-order chi connectivity index (χ1) is 11.4. The molecule has 0 bridgehead atoms. The Morgan fingerprint density at radius 2 is 1.88 bits per heavy atom. The van der Waals surface area contributed by atoms with Gasteiger partial charge >= 0.3 is 6.03 Å². The molecular formula is C17H25N3O4S. The molecule has 0 unspecified atom stereocenters. The van der Waals surface area contributed by atoms with Crippen molar-refractivity contribution < 1.29 is 18.0 Å².